The lowest BCUT2D eigenvalue weighted by Gasteiger charge is -2.62. The Bertz CT molecular complexity index is 1160. The number of carbonyl (C=O) groups is 1. The van der Waals surface area contributed by atoms with Gasteiger partial charge in [-0.05, 0) is 105 Å². The van der Waals surface area contributed by atoms with Gasteiger partial charge in [-0.25, -0.2) is 0 Å². The van der Waals surface area contributed by atoms with E-state index in [1.165, 1.54) is 0 Å². The maximum atomic E-state index is 13.4. The Morgan fingerprint density at radius 3 is 2.30 bits per heavy atom. The van der Waals surface area contributed by atoms with Crippen LogP contribution in [0.1, 0.15) is 84.5 Å². The van der Waals surface area contributed by atoms with Gasteiger partial charge in [0.25, 0.3) is 10.1 Å². The van der Waals surface area contributed by atoms with E-state index in [4.69, 9.17) is 8.74 Å². The Morgan fingerprint density at radius 2 is 1.65 bits per heavy atom. The average molecular weight is 618 g/mol. The van der Waals surface area contributed by atoms with Crippen molar-refractivity contribution < 1.29 is 48.6 Å². The standard InChI is InChI=1S/C26H42F3NO8S2/c1-24-11-9-20-23(19(24)7-6-16(24)4-3-5-22(32)30-12-13-39(33,34)35)21(38-40(36,37)26(27,28)29)15-17-14-18(31)8-10-25(17,20)2/h16-21,23,31H,3-15H2,1-2H3,(H,30,32)(H,33,34,35)/t16-,17?,18+,19-,20-,21-,23-,24+,25-/m0/s1. The van der Waals surface area contributed by atoms with Crippen molar-refractivity contribution in [3.8, 4) is 0 Å². The maximum absolute atomic E-state index is 13.4. The van der Waals surface area contributed by atoms with Crippen LogP contribution in [0.5, 0.6) is 0 Å². The molecule has 0 aromatic carbocycles. The number of rotatable bonds is 9. The summed E-state index contributed by atoms with van der Waals surface area (Å²) in [5, 5.41) is 12.8. The number of amides is 1. The molecule has 4 rings (SSSR count). The molecule has 0 aromatic rings. The molecule has 4 aliphatic rings. The number of aliphatic hydroxyl groups is 1. The fraction of sp³-hybridized carbons (Fsp3) is 0.962. The fourth-order valence-corrected chi connectivity index (χ4v) is 9.99. The molecular weight excluding hydrogens is 575 g/mol. The van der Waals surface area contributed by atoms with E-state index < -0.39 is 43.7 Å². The molecule has 14 heteroatoms. The number of fused-ring (bicyclic) bond motifs is 5. The second-order valence-corrected chi connectivity index (χ2v) is 16.2. The zero-order chi connectivity index (χ0) is 29.7. The van der Waals surface area contributed by atoms with Crippen LogP contribution >= 0.6 is 0 Å². The van der Waals surface area contributed by atoms with Gasteiger partial charge in [-0.1, -0.05) is 13.8 Å². The third-order valence-electron chi connectivity index (χ3n) is 11.0. The summed E-state index contributed by atoms with van der Waals surface area (Å²) in [7, 11) is -9.94. The molecule has 9 atom stereocenters. The van der Waals surface area contributed by atoms with Crippen LogP contribution in [-0.4, -0.2) is 62.4 Å². The van der Waals surface area contributed by atoms with E-state index >= 15 is 0 Å². The van der Waals surface area contributed by atoms with Crippen LogP contribution in [0.15, 0.2) is 0 Å². The summed E-state index contributed by atoms with van der Waals surface area (Å²) in [6.07, 6.45) is 4.96. The highest BCUT2D eigenvalue weighted by atomic mass is 32.2. The number of halogens is 3. The van der Waals surface area contributed by atoms with Crippen LogP contribution in [0.25, 0.3) is 0 Å². The lowest BCUT2D eigenvalue weighted by atomic mass is 9.44. The lowest BCUT2D eigenvalue weighted by molar-refractivity contribution is -0.169. The van der Waals surface area contributed by atoms with E-state index in [0.717, 1.165) is 32.1 Å². The van der Waals surface area contributed by atoms with Gasteiger partial charge in [-0.3, -0.25) is 13.5 Å². The van der Waals surface area contributed by atoms with Gasteiger partial charge in [0.15, 0.2) is 0 Å². The maximum Gasteiger partial charge on any atom is 0.523 e. The number of hydrogen-bond donors (Lipinski definition) is 3. The van der Waals surface area contributed by atoms with Crippen molar-refractivity contribution in [1.82, 2.24) is 5.32 Å². The van der Waals surface area contributed by atoms with Crippen LogP contribution < -0.4 is 5.32 Å². The summed E-state index contributed by atoms with van der Waals surface area (Å²) >= 11 is 0. The molecule has 4 aliphatic carbocycles. The van der Waals surface area contributed by atoms with Crippen LogP contribution in [0, 0.1) is 40.4 Å². The van der Waals surface area contributed by atoms with Gasteiger partial charge in [-0.15, -0.1) is 0 Å². The molecule has 1 amide bonds. The molecule has 0 spiro atoms. The van der Waals surface area contributed by atoms with Crippen molar-refractivity contribution in [2.45, 2.75) is 102 Å². The van der Waals surface area contributed by atoms with Crippen LogP contribution in [0.4, 0.5) is 13.2 Å². The van der Waals surface area contributed by atoms with Gasteiger partial charge in [0.2, 0.25) is 5.91 Å². The quantitative estimate of drug-likeness (QED) is 0.200. The number of hydrogen-bond acceptors (Lipinski definition) is 7. The molecular formula is C26H42F3NO8S2. The van der Waals surface area contributed by atoms with Crippen molar-refractivity contribution in [3.63, 3.8) is 0 Å². The van der Waals surface area contributed by atoms with Crippen molar-refractivity contribution in [2.75, 3.05) is 12.3 Å². The second kappa shape index (κ2) is 11.3. The second-order valence-electron chi connectivity index (χ2n) is 13.0. The molecule has 0 aromatic heterocycles. The van der Waals surface area contributed by atoms with E-state index in [0.29, 0.717) is 25.7 Å². The largest absolute Gasteiger partial charge is 0.523 e. The number of aliphatic hydroxyl groups excluding tert-OH is 1. The van der Waals surface area contributed by atoms with Crippen molar-refractivity contribution in [2.24, 2.45) is 40.4 Å². The fourth-order valence-electron chi connectivity index (χ4n) is 8.99. The van der Waals surface area contributed by atoms with Gasteiger partial charge < -0.3 is 10.4 Å². The normalized spacial score (nSPS) is 40.1. The van der Waals surface area contributed by atoms with Gasteiger partial charge in [0.1, 0.15) is 0 Å². The Morgan fingerprint density at radius 1 is 1.00 bits per heavy atom. The summed E-state index contributed by atoms with van der Waals surface area (Å²) in [4.78, 5) is 12.1. The number of carbonyl (C=O) groups excluding carboxylic acids is 1. The molecule has 4 fully saturated rings. The summed E-state index contributed by atoms with van der Waals surface area (Å²) in [5.74, 6) is -1.15. The first kappa shape index (κ1) is 32.0. The predicted octanol–water partition coefficient (Wildman–Crippen LogP) is 4.03. The zero-order valence-electron chi connectivity index (χ0n) is 23.0. The Labute approximate surface area is 234 Å². The first-order valence-electron chi connectivity index (χ1n) is 14.3. The highest BCUT2D eigenvalue weighted by molar-refractivity contribution is 7.87. The topological polar surface area (TPSA) is 147 Å². The Hall–Kier alpha value is -0.960. The van der Waals surface area contributed by atoms with E-state index in [2.05, 4.69) is 19.2 Å². The molecule has 3 N–H and O–H groups in total. The van der Waals surface area contributed by atoms with Crippen molar-refractivity contribution in [3.05, 3.63) is 0 Å². The Balaban J connectivity index is 1.49. The van der Waals surface area contributed by atoms with Crippen molar-refractivity contribution >= 4 is 26.1 Å². The van der Waals surface area contributed by atoms with Gasteiger partial charge in [-0.2, -0.15) is 30.0 Å². The molecule has 0 aliphatic heterocycles. The van der Waals surface area contributed by atoms with E-state index in [1.807, 2.05) is 0 Å². The van der Waals surface area contributed by atoms with Crippen molar-refractivity contribution in [1.29, 1.82) is 0 Å². The molecule has 40 heavy (non-hydrogen) atoms. The van der Waals surface area contributed by atoms with E-state index in [-0.39, 0.29) is 65.7 Å². The SMILES string of the molecule is C[C@]12CC[C@H]3[C@@H]([C@@H](OS(=O)(=O)C(F)(F)F)CC4C[C@H](O)CC[C@@]43C)[C@@H]1CC[C@@H]2CCCC(=O)NCCS(=O)(=O)O. The van der Waals surface area contributed by atoms with E-state index in [1.54, 1.807) is 0 Å². The first-order chi connectivity index (χ1) is 18.4. The third kappa shape index (κ3) is 6.35. The molecule has 232 valence electrons. The van der Waals surface area contributed by atoms with Gasteiger partial charge in [0, 0.05) is 13.0 Å². The Kier molecular flexibility index (Phi) is 9.01. The molecule has 9 nitrogen and oxygen atoms in total. The first-order valence-corrected chi connectivity index (χ1v) is 17.3. The monoisotopic (exact) mass is 617 g/mol. The van der Waals surface area contributed by atoms with Crippen LogP contribution in [0.3, 0.4) is 0 Å². The predicted molar refractivity (Wildman–Crippen MR) is 140 cm³/mol. The smallest absolute Gasteiger partial charge is 0.393 e. The van der Waals surface area contributed by atoms with Gasteiger partial charge >= 0.3 is 15.6 Å². The van der Waals surface area contributed by atoms with Crippen LogP contribution in [0.2, 0.25) is 0 Å². The minimum absolute atomic E-state index is 0.00223. The lowest BCUT2D eigenvalue weighted by Crippen LogP contribution is -2.59. The average Bonchev–Trinajstić information content (AvgIpc) is 3.14. The molecule has 0 bridgehead atoms. The summed E-state index contributed by atoms with van der Waals surface area (Å²) in [6, 6.07) is 0. The highest BCUT2D eigenvalue weighted by Crippen LogP contribution is 2.68. The summed E-state index contributed by atoms with van der Waals surface area (Å²) in [6.45, 7) is 4.13. The van der Waals surface area contributed by atoms with Gasteiger partial charge in [0.05, 0.1) is 18.0 Å². The zero-order valence-corrected chi connectivity index (χ0v) is 24.7. The minimum Gasteiger partial charge on any atom is -0.393 e. The molecule has 0 radical (unpaired) electrons. The molecule has 1 unspecified atom stereocenters. The summed E-state index contributed by atoms with van der Waals surface area (Å²) < 4.78 is 100. The highest BCUT2D eigenvalue weighted by Gasteiger charge is 2.64. The number of alkyl halides is 3. The molecule has 4 saturated carbocycles. The third-order valence-corrected chi connectivity index (χ3v) is 12.8. The van der Waals surface area contributed by atoms with E-state index in [9.17, 15) is 39.9 Å². The molecule has 0 saturated heterocycles. The summed E-state index contributed by atoms with van der Waals surface area (Å²) in [5.41, 5.74) is -5.94. The minimum atomic E-state index is -5.78. The van der Waals surface area contributed by atoms with Crippen LogP contribution in [-0.2, 0) is 29.2 Å². The molecule has 0 heterocycles. The number of nitrogens with one attached hydrogen (secondary N) is 1.